The fourth-order valence-electron chi connectivity index (χ4n) is 2.20. The van der Waals surface area contributed by atoms with Crippen LogP contribution in [0, 0.1) is 0 Å². The maximum absolute atomic E-state index is 12.4. The lowest BCUT2D eigenvalue weighted by Crippen LogP contribution is -2.45. The van der Waals surface area contributed by atoms with Gasteiger partial charge in [-0.05, 0) is 31.0 Å². The molecule has 0 fully saturated rings. The lowest BCUT2D eigenvalue weighted by molar-refractivity contribution is -0.139. The van der Waals surface area contributed by atoms with Crippen molar-refractivity contribution >= 4 is 46.8 Å². The summed E-state index contributed by atoms with van der Waals surface area (Å²) in [6.07, 6.45) is 0.552. The van der Waals surface area contributed by atoms with Gasteiger partial charge in [-0.3, -0.25) is 0 Å². The molecule has 1 heterocycles. The van der Waals surface area contributed by atoms with Gasteiger partial charge in [-0.2, -0.15) is 0 Å². The Morgan fingerprint density at radius 2 is 2.04 bits per heavy atom. The molecule has 0 radical (unpaired) electrons. The van der Waals surface area contributed by atoms with Gasteiger partial charge in [0.25, 0.3) is 0 Å². The third kappa shape index (κ3) is 4.31. The number of nitrogens with one attached hydrogen (secondary N) is 2. The molecule has 2 rings (SSSR count). The molecule has 0 bridgehead atoms. The Bertz CT molecular complexity index is 661. The summed E-state index contributed by atoms with van der Waals surface area (Å²) in [5.74, 6) is -0.118. The largest absolute Gasteiger partial charge is 0.462 e. The van der Waals surface area contributed by atoms with Crippen LogP contribution in [0.15, 0.2) is 29.5 Å². The zero-order chi connectivity index (χ0) is 17.0. The van der Waals surface area contributed by atoms with E-state index in [1.807, 2.05) is 0 Å². The Kier molecular flexibility index (Phi) is 6.16. The van der Waals surface area contributed by atoms with Crippen LogP contribution in [0.3, 0.4) is 0 Å². The van der Waals surface area contributed by atoms with Crippen LogP contribution in [0.4, 0.5) is 4.79 Å². The van der Waals surface area contributed by atoms with Crippen LogP contribution in [0.5, 0.6) is 0 Å². The van der Waals surface area contributed by atoms with Crippen molar-refractivity contribution in [3.63, 3.8) is 0 Å². The van der Waals surface area contributed by atoms with Crippen LogP contribution in [0.1, 0.15) is 24.9 Å². The van der Waals surface area contributed by atoms with Gasteiger partial charge in [-0.15, -0.1) is 11.6 Å². The highest BCUT2D eigenvalue weighted by Gasteiger charge is 2.32. The third-order valence-electron chi connectivity index (χ3n) is 3.28. The highest BCUT2D eigenvalue weighted by molar-refractivity contribution is 6.42. The average Bonchev–Trinajstić information content (AvgIpc) is 2.49. The minimum atomic E-state index is -0.665. The second-order valence-corrected chi connectivity index (χ2v) is 6.11. The van der Waals surface area contributed by atoms with Gasteiger partial charge >= 0.3 is 12.0 Å². The van der Waals surface area contributed by atoms with Crippen LogP contribution in [-0.4, -0.2) is 24.5 Å². The molecule has 1 unspecified atom stereocenters. The third-order valence-corrected chi connectivity index (χ3v) is 4.28. The van der Waals surface area contributed by atoms with E-state index >= 15 is 0 Å². The van der Waals surface area contributed by atoms with Crippen molar-refractivity contribution in [2.45, 2.75) is 19.4 Å². The lowest BCUT2D eigenvalue weighted by Gasteiger charge is -2.28. The number of amides is 2. The SMILES string of the molecule is CC1=C(C(=O)OCCCCl)C(c2ccc(Cl)c(Cl)c2)NC(=O)N1. The number of halogens is 3. The zero-order valence-corrected chi connectivity index (χ0v) is 14.6. The minimum absolute atomic E-state index is 0.209. The topological polar surface area (TPSA) is 67.4 Å². The number of ether oxygens (including phenoxy) is 1. The van der Waals surface area contributed by atoms with Crippen LogP contribution >= 0.6 is 34.8 Å². The summed E-state index contributed by atoms with van der Waals surface area (Å²) in [7, 11) is 0. The first kappa shape index (κ1) is 17.9. The van der Waals surface area contributed by atoms with Gasteiger partial charge in [0.05, 0.1) is 28.3 Å². The van der Waals surface area contributed by atoms with Gasteiger partial charge < -0.3 is 15.4 Å². The summed E-state index contributed by atoms with van der Waals surface area (Å²) in [6, 6.07) is 3.85. The van der Waals surface area contributed by atoms with E-state index in [-0.39, 0.29) is 6.61 Å². The second-order valence-electron chi connectivity index (χ2n) is 4.92. The molecule has 124 valence electrons. The maximum Gasteiger partial charge on any atom is 0.338 e. The van der Waals surface area contributed by atoms with Crippen LogP contribution in [0.25, 0.3) is 0 Å². The molecule has 0 aliphatic carbocycles. The first-order valence-electron chi connectivity index (χ1n) is 6.90. The summed E-state index contributed by atoms with van der Waals surface area (Å²) in [4.78, 5) is 24.1. The standard InChI is InChI=1S/C15H15Cl3N2O3/c1-8-12(14(21)23-6-2-5-16)13(20-15(22)19-8)9-3-4-10(17)11(18)7-9/h3-4,7,13H,2,5-6H2,1H3,(H2,19,20,22). The van der Waals surface area contributed by atoms with E-state index in [0.29, 0.717) is 39.2 Å². The van der Waals surface area contributed by atoms with Crippen LogP contribution < -0.4 is 10.6 Å². The average molecular weight is 378 g/mol. The number of benzene rings is 1. The monoisotopic (exact) mass is 376 g/mol. The number of carbonyl (C=O) groups excluding carboxylic acids is 2. The Morgan fingerprint density at radius 1 is 1.30 bits per heavy atom. The van der Waals surface area contributed by atoms with Gasteiger partial charge in [0, 0.05) is 11.6 Å². The van der Waals surface area contributed by atoms with Crippen LogP contribution in [-0.2, 0) is 9.53 Å². The Morgan fingerprint density at radius 3 is 2.70 bits per heavy atom. The van der Waals surface area contributed by atoms with Crippen molar-refractivity contribution in [3.05, 3.63) is 45.1 Å². The number of hydrogen-bond donors (Lipinski definition) is 2. The smallest absolute Gasteiger partial charge is 0.338 e. The number of alkyl halides is 1. The predicted molar refractivity (Wildman–Crippen MR) is 89.9 cm³/mol. The molecule has 0 spiro atoms. The first-order valence-corrected chi connectivity index (χ1v) is 8.19. The van der Waals surface area contributed by atoms with Gasteiger partial charge in [-0.25, -0.2) is 9.59 Å². The Hall–Kier alpha value is -1.43. The van der Waals surface area contributed by atoms with Gasteiger partial charge in [0.2, 0.25) is 0 Å². The van der Waals surface area contributed by atoms with Crippen molar-refractivity contribution < 1.29 is 14.3 Å². The molecule has 1 aromatic carbocycles. The maximum atomic E-state index is 12.4. The van der Waals surface area contributed by atoms with Gasteiger partial charge in [0.1, 0.15) is 0 Å². The molecule has 23 heavy (non-hydrogen) atoms. The summed E-state index contributed by atoms with van der Waals surface area (Å²) in [5, 5.41) is 5.99. The molecule has 1 aliphatic heterocycles. The summed E-state index contributed by atoms with van der Waals surface area (Å²) in [5.41, 5.74) is 1.39. The number of urea groups is 1. The van der Waals surface area contributed by atoms with E-state index in [0.717, 1.165) is 0 Å². The Labute approximate surface area is 148 Å². The van der Waals surface area contributed by atoms with E-state index in [4.69, 9.17) is 39.5 Å². The molecule has 1 aliphatic rings. The fraction of sp³-hybridized carbons (Fsp3) is 0.333. The molecule has 0 saturated heterocycles. The number of carbonyl (C=O) groups is 2. The molecule has 1 atom stereocenters. The van der Waals surface area contributed by atoms with E-state index < -0.39 is 18.0 Å². The predicted octanol–water partition coefficient (Wildman–Crippen LogP) is 3.79. The summed E-state index contributed by atoms with van der Waals surface area (Å²) < 4.78 is 5.20. The molecule has 0 saturated carbocycles. The quantitative estimate of drug-likeness (QED) is 0.466. The lowest BCUT2D eigenvalue weighted by atomic mass is 9.95. The Balaban J connectivity index is 2.33. The normalized spacial score (nSPS) is 17.6. The van der Waals surface area contributed by atoms with Crippen molar-refractivity contribution in [3.8, 4) is 0 Å². The molecule has 2 amide bonds. The molecule has 5 nitrogen and oxygen atoms in total. The molecule has 8 heteroatoms. The van der Waals surface area contributed by atoms with E-state index in [2.05, 4.69) is 10.6 Å². The summed E-state index contributed by atoms with van der Waals surface area (Å²) >= 11 is 17.5. The molecule has 0 aromatic heterocycles. The van der Waals surface area contributed by atoms with E-state index in [1.165, 1.54) is 0 Å². The van der Waals surface area contributed by atoms with E-state index in [1.54, 1.807) is 25.1 Å². The zero-order valence-electron chi connectivity index (χ0n) is 12.3. The van der Waals surface area contributed by atoms with Crippen molar-refractivity contribution in [2.75, 3.05) is 12.5 Å². The summed E-state index contributed by atoms with van der Waals surface area (Å²) in [6.45, 7) is 1.85. The molecular formula is C15H15Cl3N2O3. The number of hydrogen-bond acceptors (Lipinski definition) is 3. The van der Waals surface area contributed by atoms with Gasteiger partial charge in [-0.1, -0.05) is 29.3 Å². The second kappa shape index (κ2) is 7.90. The molecule has 2 N–H and O–H groups in total. The molecular weight excluding hydrogens is 363 g/mol. The molecule has 1 aromatic rings. The van der Waals surface area contributed by atoms with Crippen molar-refractivity contribution in [2.24, 2.45) is 0 Å². The fourth-order valence-corrected chi connectivity index (χ4v) is 2.62. The highest BCUT2D eigenvalue weighted by atomic mass is 35.5. The highest BCUT2D eigenvalue weighted by Crippen LogP contribution is 2.31. The van der Waals surface area contributed by atoms with Crippen molar-refractivity contribution in [1.82, 2.24) is 10.6 Å². The van der Waals surface area contributed by atoms with Gasteiger partial charge in [0.15, 0.2) is 0 Å². The van der Waals surface area contributed by atoms with Crippen LogP contribution in [0.2, 0.25) is 10.0 Å². The number of allylic oxidation sites excluding steroid dienone is 1. The van der Waals surface area contributed by atoms with Crippen molar-refractivity contribution in [1.29, 1.82) is 0 Å². The van der Waals surface area contributed by atoms with E-state index in [9.17, 15) is 9.59 Å². The number of esters is 1. The first-order chi connectivity index (χ1) is 10.9. The number of rotatable bonds is 5. The minimum Gasteiger partial charge on any atom is -0.462 e.